The lowest BCUT2D eigenvalue weighted by Crippen LogP contribution is -2.36. The van der Waals surface area contributed by atoms with E-state index in [0.717, 1.165) is 25.9 Å². The molecule has 0 aliphatic rings. The minimum Gasteiger partial charge on any atom is -0.484 e. The molecule has 0 atom stereocenters. The number of hydrogen-bond donors (Lipinski definition) is 0. The van der Waals surface area contributed by atoms with Crippen molar-refractivity contribution in [2.45, 2.75) is 26.7 Å². The molecule has 0 saturated carbocycles. The van der Waals surface area contributed by atoms with Gasteiger partial charge in [0.25, 0.3) is 5.91 Å². The first-order valence-corrected chi connectivity index (χ1v) is 6.33. The summed E-state index contributed by atoms with van der Waals surface area (Å²) in [6.45, 7) is 5.58. The van der Waals surface area contributed by atoms with Crippen molar-refractivity contribution in [2.75, 3.05) is 19.7 Å². The van der Waals surface area contributed by atoms with Crippen LogP contribution in [-0.2, 0) is 4.79 Å². The molecule has 0 aliphatic heterocycles. The Morgan fingerprint density at radius 1 is 1.17 bits per heavy atom. The van der Waals surface area contributed by atoms with Crippen LogP contribution in [0.15, 0.2) is 24.3 Å². The fraction of sp³-hybridized carbons (Fsp3) is 0.500. The van der Waals surface area contributed by atoms with Crippen molar-refractivity contribution in [2.24, 2.45) is 0 Å². The summed E-state index contributed by atoms with van der Waals surface area (Å²) < 4.78 is 18.0. The first-order chi connectivity index (χ1) is 8.67. The zero-order valence-electron chi connectivity index (χ0n) is 11.0. The van der Waals surface area contributed by atoms with E-state index >= 15 is 0 Å². The molecule has 0 fully saturated rings. The molecule has 0 aromatic heterocycles. The van der Waals surface area contributed by atoms with Gasteiger partial charge in [-0.15, -0.1) is 0 Å². The fourth-order valence-electron chi connectivity index (χ4n) is 1.67. The molecule has 1 aromatic rings. The minimum atomic E-state index is -0.313. The van der Waals surface area contributed by atoms with Crippen molar-refractivity contribution in [3.8, 4) is 5.75 Å². The molecule has 18 heavy (non-hydrogen) atoms. The average molecular weight is 253 g/mol. The highest BCUT2D eigenvalue weighted by Crippen LogP contribution is 2.11. The van der Waals surface area contributed by atoms with Crippen LogP contribution >= 0.6 is 0 Å². The lowest BCUT2D eigenvalue weighted by Gasteiger charge is -2.21. The van der Waals surface area contributed by atoms with E-state index < -0.39 is 0 Å². The van der Waals surface area contributed by atoms with Gasteiger partial charge in [0.15, 0.2) is 6.61 Å². The van der Waals surface area contributed by atoms with Gasteiger partial charge in [0.1, 0.15) is 11.6 Å². The van der Waals surface area contributed by atoms with Crippen LogP contribution < -0.4 is 4.74 Å². The summed E-state index contributed by atoms with van der Waals surface area (Å²) in [4.78, 5) is 13.7. The van der Waals surface area contributed by atoms with Crippen molar-refractivity contribution in [3.05, 3.63) is 30.1 Å². The quantitative estimate of drug-likeness (QED) is 0.747. The normalized spacial score (nSPS) is 10.2. The number of carbonyl (C=O) groups is 1. The Kier molecular flexibility index (Phi) is 6.19. The predicted molar refractivity (Wildman–Crippen MR) is 69.1 cm³/mol. The van der Waals surface area contributed by atoms with Crippen molar-refractivity contribution in [1.29, 1.82) is 0 Å². The Labute approximate surface area is 108 Å². The lowest BCUT2D eigenvalue weighted by atomic mass is 10.3. The Morgan fingerprint density at radius 3 is 2.22 bits per heavy atom. The Morgan fingerprint density at radius 2 is 1.72 bits per heavy atom. The van der Waals surface area contributed by atoms with Gasteiger partial charge in [-0.1, -0.05) is 13.8 Å². The third-order valence-electron chi connectivity index (χ3n) is 2.52. The standard InChI is InChI=1S/C14H20FNO2/c1-3-9-16(10-4-2)14(17)11-18-13-7-5-12(15)6-8-13/h5-8H,3-4,9-11H2,1-2H3. The van der Waals surface area contributed by atoms with Gasteiger partial charge in [-0.3, -0.25) is 4.79 Å². The number of benzene rings is 1. The molecule has 0 unspecified atom stereocenters. The van der Waals surface area contributed by atoms with Gasteiger partial charge in [0.05, 0.1) is 0 Å². The number of amides is 1. The van der Waals surface area contributed by atoms with Crippen molar-refractivity contribution in [1.82, 2.24) is 4.90 Å². The third kappa shape index (κ3) is 4.73. The van der Waals surface area contributed by atoms with Gasteiger partial charge in [-0.05, 0) is 37.1 Å². The molecule has 100 valence electrons. The van der Waals surface area contributed by atoms with E-state index in [9.17, 15) is 9.18 Å². The molecule has 0 aliphatic carbocycles. The number of rotatable bonds is 7. The highest BCUT2D eigenvalue weighted by molar-refractivity contribution is 5.77. The number of carbonyl (C=O) groups excluding carboxylic acids is 1. The Balaban J connectivity index is 2.45. The highest BCUT2D eigenvalue weighted by Gasteiger charge is 2.12. The summed E-state index contributed by atoms with van der Waals surface area (Å²) in [5.74, 6) is 0.174. The molecule has 4 heteroatoms. The van der Waals surface area contributed by atoms with E-state index in [1.807, 2.05) is 13.8 Å². The summed E-state index contributed by atoms with van der Waals surface area (Å²) in [5, 5.41) is 0. The third-order valence-corrected chi connectivity index (χ3v) is 2.52. The summed E-state index contributed by atoms with van der Waals surface area (Å²) >= 11 is 0. The summed E-state index contributed by atoms with van der Waals surface area (Å²) in [6, 6.07) is 5.67. The topological polar surface area (TPSA) is 29.5 Å². The van der Waals surface area contributed by atoms with E-state index in [1.54, 1.807) is 4.90 Å². The molecule has 1 rings (SSSR count). The second-order valence-electron chi connectivity index (χ2n) is 4.12. The molecule has 0 heterocycles. The maximum atomic E-state index is 12.7. The minimum absolute atomic E-state index is 0.00559. The zero-order chi connectivity index (χ0) is 13.4. The Bertz CT molecular complexity index is 359. The van der Waals surface area contributed by atoms with Crippen LogP contribution in [0.25, 0.3) is 0 Å². The molecule has 0 radical (unpaired) electrons. The molecule has 0 bridgehead atoms. The SMILES string of the molecule is CCCN(CCC)C(=O)COc1ccc(F)cc1. The van der Waals surface area contributed by atoms with Gasteiger partial charge in [0.2, 0.25) is 0 Å². The summed E-state index contributed by atoms with van der Waals surface area (Å²) in [7, 11) is 0. The second kappa shape index (κ2) is 7.69. The van der Waals surface area contributed by atoms with Gasteiger partial charge in [-0.25, -0.2) is 4.39 Å². The molecular weight excluding hydrogens is 233 g/mol. The van der Waals surface area contributed by atoms with E-state index in [2.05, 4.69) is 0 Å². The molecule has 1 aromatic carbocycles. The van der Waals surface area contributed by atoms with E-state index in [1.165, 1.54) is 24.3 Å². The van der Waals surface area contributed by atoms with Crippen molar-refractivity contribution < 1.29 is 13.9 Å². The van der Waals surface area contributed by atoms with E-state index in [4.69, 9.17) is 4.74 Å². The number of ether oxygens (including phenoxy) is 1. The summed E-state index contributed by atoms with van der Waals surface area (Å²) in [6.07, 6.45) is 1.87. The summed E-state index contributed by atoms with van der Waals surface area (Å²) in [5.41, 5.74) is 0. The highest BCUT2D eigenvalue weighted by atomic mass is 19.1. The van der Waals surface area contributed by atoms with Crippen LogP contribution in [0.3, 0.4) is 0 Å². The smallest absolute Gasteiger partial charge is 0.260 e. The van der Waals surface area contributed by atoms with Gasteiger partial charge < -0.3 is 9.64 Å². The van der Waals surface area contributed by atoms with Crippen LogP contribution in [0.4, 0.5) is 4.39 Å². The zero-order valence-corrected chi connectivity index (χ0v) is 11.0. The molecule has 0 spiro atoms. The maximum Gasteiger partial charge on any atom is 0.260 e. The monoisotopic (exact) mass is 253 g/mol. The predicted octanol–water partition coefficient (Wildman–Crippen LogP) is 2.85. The lowest BCUT2D eigenvalue weighted by molar-refractivity contribution is -0.133. The van der Waals surface area contributed by atoms with Gasteiger partial charge in [-0.2, -0.15) is 0 Å². The molecular formula is C14H20FNO2. The van der Waals surface area contributed by atoms with Crippen LogP contribution in [0.5, 0.6) is 5.75 Å². The molecule has 3 nitrogen and oxygen atoms in total. The molecule has 0 N–H and O–H groups in total. The van der Waals surface area contributed by atoms with Crippen LogP contribution in [-0.4, -0.2) is 30.5 Å². The molecule has 0 saturated heterocycles. The van der Waals surface area contributed by atoms with Gasteiger partial charge in [0, 0.05) is 13.1 Å². The first kappa shape index (κ1) is 14.5. The fourth-order valence-corrected chi connectivity index (χ4v) is 1.67. The number of nitrogens with zero attached hydrogens (tertiary/aromatic N) is 1. The van der Waals surface area contributed by atoms with E-state index in [-0.39, 0.29) is 18.3 Å². The molecule has 1 amide bonds. The first-order valence-electron chi connectivity index (χ1n) is 6.33. The average Bonchev–Trinajstić information content (AvgIpc) is 2.37. The number of halogens is 1. The van der Waals surface area contributed by atoms with Crippen molar-refractivity contribution >= 4 is 5.91 Å². The van der Waals surface area contributed by atoms with Gasteiger partial charge >= 0.3 is 0 Å². The van der Waals surface area contributed by atoms with Crippen LogP contribution in [0.2, 0.25) is 0 Å². The second-order valence-corrected chi connectivity index (χ2v) is 4.12. The van der Waals surface area contributed by atoms with Crippen LogP contribution in [0.1, 0.15) is 26.7 Å². The van der Waals surface area contributed by atoms with E-state index in [0.29, 0.717) is 5.75 Å². The van der Waals surface area contributed by atoms with Crippen LogP contribution in [0, 0.1) is 5.82 Å². The maximum absolute atomic E-state index is 12.7. The Hall–Kier alpha value is -1.58. The largest absolute Gasteiger partial charge is 0.484 e. The number of hydrogen-bond acceptors (Lipinski definition) is 2. The van der Waals surface area contributed by atoms with Crippen molar-refractivity contribution in [3.63, 3.8) is 0 Å².